The number of hydrogen-bond donors (Lipinski definition) is 0. The molecule has 0 aromatic heterocycles. The van der Waals surface area contributed by atoms with Gasteiger partial charge in [0.1, 0.15) is 5.75 Å². The standard InChI is InChI=1S/C17H24ClNO/c1-19(16-5-3-2-4-15(16)18)10-8-13-6-7-17-14(12-13)9-11-20-17/h6-7,12,15-16H,2-5,8-11H2,1H3. The summed E-state index contributed by atoms with van der Waals surface area (Å²) in [4.78, 5) is 2.46. The van der Waals surface area contributed by atoms with Gasteiger partial charge in [0.15, 0.2) is 0 Å². The molecule has 0 saturated heterocycles. The highest BCUT2D eigenvalue weighted by molar-refractivity contribution is 6.21. The first kappa shape index (κ1) is 14.2. The second kappa shape index (κ2) is 6.36. The molecular weight excluding hydrogens is 270 g/mol. The fourth-order valence-corrected chi connectivity index (χ4v) is 3.90. The van der Waals surface area contributed by atoms with E-state index in [1.165, 1.54) is 36.8 Å². The van der Waals surface area contributed by atoms with E-state index in [0.717, 1.165) is 31.7 Å². The smallest absolute Gasteiger partial charge is 0.122 e. The number of rotatable bonds is 4. The lowest BCUT2D eigenvalue weighted by molar-refractivity contribution is 0.198. The van der Waals surface area contributed by atoms with Crippen molar-refractivity contribution in [2.45, 2.75) is 49.9 Å². The molecule has 1 aromatic carbocycles. The molecule has 2 nitrogen and oxygen atoms in total. The number of fused-ring (bicyclic) bond motifs is 1. The molecular formula is C17H24ClNO. The Morgan fingerprint density at radius 1 is 1.30 bits per heavy atom. The first-order valence-electron chi connectivity index (χ1n) is 7.83. The van der Waals surface area contributed by atoms with Gasteiger partial charge >= 0.3 is 0 Å². The molecule has 1 saturated carbocycles. The maximum Gasteiger partial charge on any atom is 0.122 e. The molecule has 0 N–H and O–H groups in total. The van der Waals surface area contributed by atoms with E-state index < -0.39 is 0 Å². The highest BCUT2D eigenvalue weighted by atomic mass is 35.5. The summed E-state index contributed by atoms with van der Waals surface area (Å²) in [6.45, 7) is 1.93. The van der Waals surface area contributed by atoms with Gasteiger partial charge in [0.2, 0.25) is 0 Å². The van der Waals surface area contributed by atoms with Crippen LogP contribution in [0.5, 0.6) is 5.75 Å². The molecule has 1 aromatic rings. The maximum atomic E-state index is 6.48. The number of halogens is 1. The van der Waals surface area contributed by atoms with Gasteiger partial charge in [-0.1, -0.05) is 25.0 Å². The third-order valence-electron chi connectivity index (χ3n) is 4.72. The quantitative estimate of drug-likeness (QED) is 0.786. The average molecular weight is 294 g/mol. The molecule has 1 heterocycles. The average Bonchev–Trinajstić information content (AvgIpc) is 2.92. The van der Waals surface area contributed by atoms with Gasteiger partial charge in [0.05, 0.1) is 6.61 Å². The Morgan fingerprint density at radius 2 is 2.15 bits per heavy atom. The molecule has 0 spiro atoms. The normalized spacial score (nSPS) is 25.6. The van der Waals surface area contributed by atoms with Crippen LogP contribution < -0.4 is 4.74 Å². The van der Waals surface area contributed by atoms with Gasteiger partial charge in [-0.15, -0.1) is 11.6 Å². The molecule has 3 rings (SSSR count). The number of benzene rings is 1. The molecule has 3 heteroatoms. The molecule has 0 radical (unpaired) electrons. The van der Waals surface area contributed by atoms with Gasteiger partial charge < -0.3 is 9.64 Å². The van der Waals surface area contributed by atoms with Gasteiger partial charge in [0, 0.05) is 24.4 Å². The molecule has 1 fully saturated rings. The van der Waals surface area contributed by atoms with Crippen LogP contribution in [0.3, 0.4) is 0 Å². The summed E-state index contributed by atoms with van der Waals surface area (Å²) in [6, 6.07) is 7.21. The monoisotopic (exact) mass is 293 g/mol. The third kappa shape index (κ3) is 3.12. The van der Waals surface area contributed by atoms with Crippen LogP contribution >= 0.6 is 11.6 Å². The molecule has 1 aliphatic heterocycles. The van der Waals surface area contributed by atoms with E-state index in [0.29, 0.717) is 11.4 Å². The second-order valence-electron chi connectivity index (χ2n) is 6.14. The minimum Gasteiger partial charge on any atom is -0.493 e. The highest BCUT2D eigenvalue weighted by Crippen LogP contribution is 2.28. The van der Waals surface area contributed by atoms with E-state index in [9.17, 15) is 0 Å². The summed E-state index contributed by atoms with van der Waals surface area (Å²) in [6.07, 6.45) is 7.21. The zero-order chi connectivity index (χ0) is 13.9. The lowest BCUT2D eigenvalue weighted by Gasteiger charge is -2.35. The zero-order valence-corrected chi connectivity index (χ0v) is 13.0. The Balaban J connectivity index is 1.56. The van der Waals surface area contributed by atoms with Crippen LogP contribution in [0.15, 0.2) is 18.2 Å². The van der Waals surface area contributed by atoms with Crippen LogP contribution in [-0.2, 0) is 12.8 Å². The van der Waals surface area contributed by atoms with E-state index in [1.807, 2.05) is 0 Å². The highest BCUT2D eigenvalue weighted by Gasteiger charge is 2.26. The van der Waals surface area contributed by atoms with Crippen molar-refractivity contribution in [1.29, 1.82) is 0 Å². The van der Waals surface area contributed by atoms with Gasteiger partial charge in [0.25, 0.3) is 0 Å². The van der Waals surface area contributed by atoms with Crippen molar-refractivity contribution in [1.82, 2.24) is 4.90 Å². The Morgan fingerprint density at radius 3 is 3.00 bits per heavy atom. The number of alkyl halides is 1. The maximum absolute atomic E-state index is 6.48. The SMILES string of the molecule is CN(CCc1ccc2c(c1)CCO2)C1CCCCC1Cl. The van der Waals surface area contributed by atoms with Crippen molar-refractivity contribution in [3.63, 3.8) is 0 Å². The van der Waals surface area contributed by atoms with E-state index in [2.05, 4.69) is 30.1 Å². The lowest BCUT2D eigenvalue weighted by atomic mass is 9.93. The van der Waals surface area contributed by atoms with Crippen molar-refractivity contribution >= 4 is 11.6 Å². The van der Waals surface area contributed by atoms with E-state index in [1.54, 1.807) is 0 Å². The van der Waals surface area contributed by atoms with Gasteiger partial charge in [-0.25, -0.2) is 0 Å². The molecule has 2 atom stereocenters. The van der Waals surface area contributed by atoms with Crippen LogP contribution in [-0.4, -0.2) is 36.5 Å². The summed E-state index contributed by atoms with van der Waals surface area (Å²) in [5.41, 5.74) is 2.79. The summed E-state index contributed by atoms with van der Waals surface area (Å²) < 4.78 is 5.56. The Kier molecular flexibility index (Phi) is 4.52. The molecule has 2 unspecified atom stereocenters. The lowest BCUT2D eigenvalue weighted by Crippen LogP contribution is -2.41. The Hall–Kier alpha value is -0.730. The minimum absolute atomic E-state index is 0.335. The molecule has 1 aliphatic carbocycles. The zero-order valence-electron chi connectivity index (χ0n) is 12.3. The van der Waals surface area contributed by atoms with Crippen LogP contribution in [0.1, 0.15) is 36.8 Å². The first-order valence-corrected chi connectivity index (χ1v) is 8.26. The van der Waals surface area contributed by atoms with Crippen LogP contribution in [0.2, 0.25) is 0 Å². The van der Waals surface area contributed by atoms with Gasteiger partial charge in [-0.05, 0) is 43.5 Å². The number of likely N-dealkylation sites (N-methyl/N-ethyl adjacent to an activating group) is 1. The Bertz CT molecular complexity index is 462. The Labute approximate surface area is 127 Å². The van der Waals surface area contributed by atoms with E-state index in [-0.39, 0.29) is 0 Å². The number of hydrogen-bond acceptors (Lipinski definition) is 2. The van der Waals surface area contributed by atoms with Crippen LogP contribution in [0.25, 0.3) is 0 Å². The first-order chi connectivity index (χ1) is 9.74. The van der Waals surface area contributed by atoms with Crippen LogP contribution in [0.4, 0.5) is 0 Å². The summed E-state index contributed by atoms with van der Waals surface area (Å²) in [5, 5.41) is 0.335. The van der Waals surface area contributed by atoms with Crippen molar-refractivity contribution in [3.8, 4) is 5.75 Å². The fourth-order valence-electron chi connectivity index (χ4n) is 3.43. The molecule has 2 aliphatic rings. The fraction of sp³-hybridized carbons (Fsp3) is 0.647. The predicted octanol–water partition coefficient (Wildman–Crippen LogP) is 3.65. The summed E-state index contributed by atoms with van der Waals surface area (Å²) >= 11 is 6.48. The number of nitrogens with zero attached hydrogens (tertiary/aromatic N) is 1. The second-order valence-corrected chi connectivity index (χ2v) is 6.70. The van der Waals surface area contributed by atoms with Crippen molar-refractivity contribution in [3.05, 3.63) is 29.3 Å². The predicted molar refractivity (Wildman–Crippen MR) is 83.9 cm³/mol. The summed E-state index contributed by atoms with van der Waals surface area (Å²) in [7, 11) is 2.22. The van der Waals surface area contributed by atoms with E-state index >= 15 is 0 Å². The van der Waals surface area contributed by atoms with Crippen molar-refractivity contribution < 1.29 is 4.74 Å². The molecule has 0 bridgehead atoms. The van der Waals surface area contributed by atoms with Crippen molar-refractivity contribution in [2.75, 3.05) is 20.2 Å². The van der Waals surface area contributed by atoms with Crippen LogP contribution in [0, 0.1) is 0 Å². The summed E-state index contributed by atoms with van der Waals surface area (Å²) in [5.74, 6) is 1.08. The molecule has 20 heavy (non-hydrogen) atoms. The number of ether oxygens (including phenoxy) is 1. The third-order valence-corrected chi connectivity index (χ3v) is 5.23. The van der Waals surface area contributed by atoms with Crippen molar-refractivity contribution in [2.24, 2.45) is 0 Å². The largest absolute Gasteiger partial charge is 0.493 e. The van der Waals surface area contributed by atoms with E-state index in [4.69, 9.17) is 16.3 Å². The van der Waals surface area contributed by atoms with Gasteiger partial charge in [-0.2, -0.15) is 0 Å². The van der Waals surface area contributed by atoms with Gasteiger partial charge in [-0.3, -0.25) is 0 Å². The molecule has 110 valence electrons. The topological polar surface area (TPSA) is 12.5 Å². The minimum atomic E-state index is 0.335. The molecule has 0 amide bonds.